The minimum absolute atomic E-state index is 0.0866. The Hall–Kier alpha value is -1.82. The second-order valence-electron chi connectivity index (χ2n) is 4.36. The predicted molar refractivity (Wildman–Crippen MR) is 80.3 cm³/mol. The Balaban J connectivity index is 1.52. The number of thioether (sulfide) groups is 1. The summed E-state index contributed by atoms with van der Waals surface area (Å²) < 4.78 is 0. The van der Waals surface area contributed by atoms with Crippen LogP contribution in [0.25, 0.3) is 0 Å². The molecule has 0 aliphatic heterocycles. The molecule has 0 bridgehead atoms. The van der Waals surface area contributed by atoms with E-state index in [-0.39, 0.29) is 5.91 Å². The molecule has 2 N–H and O–H groups in total. The third-order valence-electron chi connectivity index (χ3n) is 2.72. The van der Waals surface area contributed by atoms with Gasteiger partial charge < -0.3 is 5.32 Å². The molecule has 0 saturated carbocycles. The Morgan fingerprint density at radius 3 is 2.90 bits per heavy atom. The van der Waals surface area contributed by atoms with E-state index in [1.165, 1.54) is 11.9 Å². The molecule has 1 amide bonds. The third kappa shape index (κ3) is 5.44. The van der Waals surface area contributed by atoms with Crippen LogP contribution >= 0.6 is 11.8 Å². The van der Waals surface area contributed by atoms with Crippen molar-refractivity contribution in [3.05, 3.63) is 48.0 Å². The maximum absolute atomic E-state index is 11.6. The molecule has 1 aromatic carbocycles. The molecule has 0 radical (unpaired) electrons. The van der Waals surface area contributed by atoms with Gasteiger partial charge in [0, 0.05) is 18.7 Å². The van der Waals surface area contributed by atoms with Crippen molar-refractivity contribution < 1.29 is 4.79 Å². The first-order valence-electron chi connectivity index (χ1n) is 6.57. The van der Waals surface area contributed by atoms with E-state index in [1.54, 1.807) is 11.8 Å². The number of nitrogens with zero attached hydrogens (tertiary/aromatic N) is 2. The topological polar surface area (TPSA) is 70.7 Å². The first-order chi connectivity index (χ1) is 9.84. The molecule has 0 saturated heterocycles. The number of hydrogen-bond donors (Lipinski definition) is 2. The SMILES string of the molecule is O=C(CSCc1ccccc1)NCCCc1ncn[nH]1. The normalized spacial score (nSPS) is 10.4. The van der Waals surface area contributed by atoms with Crippen LogP contribution in [0, 0.1) is 0 Å². The quantitative estimate of drug-likeness (QED) is 0.727. The largest absolute Gasteiger partial charge is 0.355 e. The summed E-state index contributed by atoms with van der Waals surface area (Å²) in [5.74, 6) is 2.31. The molecule has 0 atom stereocenters. The van der Waals surface area contributed by atoms with Crippen LogP contribution in [0.3, 0.4) is 0 Å². The van der Waals surface area contributed by atoms with Crippen LogP contribution in [-0.2, 0) is 17.0 Å². The average molecular weight is 290 g/mol. The predicted octanol–water partition coefficient (Wildman–Crippen LogP) is 1.79. The van der Waals surface area contributed by atoms with Crippen molar-refractivity contribution in [1.29, 1.82) is 0 Å². The summed E-state index contributed by atoms with van der Waals surface area (Å²) >= 11 is 1.63. The molecule has 0 aliphatic carbocycles. The van der Waals surface area contributed by atoms with Crippen molar-refractivity contribution in [2.75, 3.05) is 12.3 Å². The third-order valence-corrected chi connectivity index (χ3v) is 3.73. The lowest BCUT2D eigenvalue weighted by Crippen LogP contribution is -2.26. The summed E-state index contributed by atoms with van der Waals surface area (Å²) in [5, 5.41) is 9.49. The summed E-state index contributed by atoms with van der Waals surface area (Å²) in [6, 6.07) is 10.2. The Bertz CT molecular complexity index is 501. The molecule has 20 heavy (non-hydrogen) atoms. The molecule has 6 heteroatoms. The number of H-pyrrole nitrogens is 1. The summed E-state index contributed by atoms with van der Waals surface area (Å²) in [7, 11) is 0. The van der Waals surface area contributed by atoms with E-state index < -0.39 is 0 Å². The van der Waals surface area contributed by atoms with Gasteiger partial charge in [0.05, 0.1) is 5.75 Å². The highest BCUT2D eigenvalue weighted by atomic mass is 32.2. The molecule has 106 valence electrons. The van der Waals surface area contributed by atoms with Gasteiger partial charge in [-0.05, 0) is 12.0 Å². The fourth-order valence-corrected chi connectivity index (χ4v) is 2.54. The maximum atomic E-state index is 11.6. The zero-order chi connectivity index (χ0) is 14.0. The Morgan fingerprint density at radius 2 is 2.15 bits per heavy atom. The number of carbonyl (C=O) groups excluding carboxylic acids is 1. The first kappa shape index (κ1) is 14.6. The van der Waals surface area contributed by atoms with Gasteiger partial charge in [0.2, 0.25) is 5.91 Å². The summed E-state index contributed by atoms with van der Waals surface area (Å²) in [6.45, 7) is 0.672. The van der Waals surface area contributed by atoms with Crippen molar-refractivity contribution in [3.8, 4) is 0 Å². The fraction of sp³-hybridized carbons (Fsp3) is 0.357. The van der Waals surface area contributed by atoms with E-state index in [2.05, 4.69) is 32.6 Å². The molecule has 2 rings (SSSR count). The highest BCUT2D eigenvalue weighted by Crippen LogP contribution is 2.10. The average Bonchev–Trinajstić information content (AvgIpc) is 2.98. The van der Waals surface area contributed by atoms with Crippen LogP contribution in [-0.4, -0.2) is 33.4 Å². The van der Waals surface area contributed by atoms with E-state index in [1.807, 2.05) is 18.2 Å². The van der Waals surface area contributed by atoms with Gasteiger partial charge in [-0.15, -0.1) is 11.8 Å². The van der Waals surface area contributed by atoms with Crippen LogP contribution < -0.4 is 5.32 Å². The van der Waals surface area contributed by atoms with E-state index in [0.717, 1.165) is 24.4 Å². The zero-order valence-electron chi connectivity index (χ0n) is 11.2. The Morgan fingerprint density at radius 1 is 1.30 bits per heavy atom. The lowest BCUT2D eigenvalue weighted by molar-refractivity contribution is -0.118. The van der Waals surface area contributed by atoms with E-state index in [4.69, 9.17) is 0 Å². The van der Waals surface area contributed by atoms with Crippen LogP contribution in [0.5, 0.6) is 0 Å². The monoisotopic (exact) mass is 290 g/mol. The first-order valence-corrected chi connectivity index (χ1v) is 7.72. The van der Waals surface area contributed by atoms with Crippen LogP contribution in [0.2, 0.25) is 0 Å². The lowest BCUT2D eigenvalue weighted by atomic mass is 10.2. The lowest BCUT2D eigenvalue weighted by Gasteiger charge is -2.04. The van der Waals surface area contributed by atoms with E-state index in [9.17, 15) is 4.79 Å². The minimum atomic E-state index is 0.0866. The summed E-state index contributed by atoms with van der Waals surface area (Å²) in [5.41, 5.74) is 1.25. The second-order valence-corrected chi connectivity index (χ2v) is 5.35. The number of hydrogen-bond acceptors (Lipinski definition) is 4. The van der Waals surface area contributed by atoms with Crippen LogP contribution in [0.1, 0.15) is 17.8 Å². The number of nitrogens with one attached hydrogen (secondary N) is 2. The minimum Gasteiger partial charge on any atom is -0.355 e. The number of carbonyl (C=O) groups is 1. The molecule has 0 fully saturated rings. The molecular weight excluding hydrogens is 272 g/mol. The molecule has 1 heterocycles. The van der Waals surface area contributed by atoms with Crippen molar-refractivity contribution in [2.24, 2.45) is 0 Å². The van der Waals surface area contributed by atoms with Gasteiger partial charge in [0.1, 0.15) is 12.2 Å². The van der Waals surface area contributed by atoms with E-state index >= 15 is 0 Å². The van der Waals surface area contributed by atoms with Crippen molar-refractivity contribution in [1.82, 2.24) is 20.5 Å². The van der Waals surface area contributed by atoms with Gasteiger partial charge in [-0.25, -0.2) is 4.98 Å². The Labute approximate surface area is 122 Å². The smallest absolute Gasteiger partial charge is 0.230 e. The van der Waals surface area contributed by atoms with Gasteiger partial charge in [-0.2, -0.15) is 5.10 Å². The number of aryl methyl sites for hydroxylation is 1. The highest BCUT2D eigenvalue weighted by Gasteiger charge is 2.02. The van der Waals surface area contributed by atoms with Gasteiger partial charge in [0.15, 0.2) is 0 Å². The molecule has 5 nitrogen and oxygen atoms in total. The van der Waals surface area contributed by atoms with E-state index in [0.29, 0.717) is 12.3 Å². The molecule has 0 aliphatic rings. The fourth-order valence-electron chi connectivity index (χ4n) is 1.72. The van der Waals surface area contributed by atoms with Gasteiger partial charge >= 0.3 is 0 Å². The number of aromatic amines is 1. The van der Waals surface area contributed by atoms with Crippen LogP contribution in [0.15, 0.2) is 36.7 Å². The van der Waals surface area contributed by atoms with Gasteiger partial charge in [-0.3, -0.25) is 9.89 Å². The number of aromatic nitrogens is 3. The van der Waals surface area contributed by atoms with Gasteiger partial charge in [-0.1, -0.05) is 30.3 Å². The summed E-state index contributed by atoms with van der Waals surface area (Å²) in [4.78, 5) is 15.7. The van der Waals surface area contributed by atoms with Crippen molar-refractivity contribution in [2.45, 2.75) is 18.6 Å². The van der Waals surface area contributed by atoms with Crippen molar-refractivity contribution in [3.63, 3.8) is 0 Å². The standard InChI is InChI=1S/C14H18N4OS/c19-14(10-20-9-12-5-2-1-3-6-12)15-8-4-7-13-16-11-17-18-13/h1-3,5-6,11H,4,7-10H2,(H,15,19)(H,16,17,18). The highest BCUT2D eigenvalue weighted by molar-refractivity contribution is 7.99. The number of amides is 1. The Kier molecular flexibility index (Phi) is 6.10. The van der Waals surface area contributed by atoms with Gasteiger partial charge in [0.25, 0.3) is 0 Å². The second kappa shape index (κ2) is 8.37. The molecule has 0 unspecified atom stereocenters. The maximum Gasteiger partial charge on any atom is 0.230 e. The molecule has 2 aromatic rings. The summed E-state index contributed by atoms with van der Waals surface area (Å²) in [6.07, 6.45) is 3.16. The zero-order valence-corrected chi connectivity index (χ0v) is 12.0. The molecule has 1 aromatic heterocycles. The number of benzene rings is 1. The molecule has 0 spiro atoms. The number of rotatable bonds is 8. The van der Waals surface area contributed by atoms with Crippen molar-refractivity contribution >= 4 is 17.7 Å². The molecular formula is C14H18N4OS. The van der Waals surface area contributed by atoms with Crippen LogP contribution in [0.4, 0.5) is 0 Å².